The number of piperidine rings is 1. The smallest absolute Gasteiger partial charge is 0.224 e. The molecule has 0 aliphatic carbocycles. The summed E-state index contributed by atoms with van der Waals surface area (Å²) in [6.45, 7) is 6.01. The molecule has 1 amide bonds. The molecule has 0 radical (unpaired) electrons. The molecule has 2 aliphatic heterocycles. The largest absolute Gasteiger partial charge is 0.378 e. The molecule has 2 aliphatic rings. The van der Waals surface area contributed by atoms with Gasteiger partial charge < -0.3 is 19.9 Å². The third-order valence-electron chi connectivity index (χ3n) is 3.92. The van der Waals surface area contributed by atoms with E-state index in [9.17, 15) is 4.79 Å². The molecule has 0 aromatic heterocycles. The number of ether oxygens (including phenoxy) is 1. The van der Waals surface area contributed by atoms with Crippen LogP contribution in [0.1, 0.15) is 19.3 Å². The lowest BCUT2D eigenvalue weighted by Crippen LogP contribution is -2.46. The lowest BCUT2D eigenvalue weighted by atomic mass is 10.1. The summed E-state index contributed by atoms with van der Waals surface area (Å²) in [4.78, 5) is 16.4. The number of hydrogen-bond acceptors (Lipinski definition) is 4. The summed E-state index contributed by atoms with van der Waals surface area (Å²) in [5.41, 5.74) is 0. The molecule has 0 aromatic carbocycles. The molecule has 2 fully saturated rings. The Morgan fingerprint density at radius 1 is 1.32 bits per heavy atom. The number of rotatable bonds is 4. The zero-order chi connectivity index (χ0) is 12.8. The number of morpholine rings is 1. The average Bonchev–Trinajstić information content (AvgIpc) is 2.46. The minimum absolute atomic E-state index is 0. The Morgan fingerprint density at radius 2 is 2.05 bits per heavy atom. The van der Waals surface area contributed by atoms with Crippen LogP contribution < -0.4 is 5.32 Å². The molecule has 1 unspecified atom stereocenters. The second-order valence-electron chi connectivity index (χ2n) is 5.17. The highest BCUT2D eigenvalue weighted by Crippen LogP contribution is 2.10. The molecule has 2 heterocycles. The van der Waals surface area contributed by atoms with E-state index in [2.05, 4.69) is 10.2 Å². The van der Waals surface area contributed by atoms with E-state index in [1.54, 1.807) is 0 Å². The Balaban J connectivity index is 0.00000180. The molecule has 2 saturated heterocycles. The molecule has 0 saturated carbocycles. The molecule has 19 heavy (non-hydrogen) atoms. The summed E-state index contributed by atoms with van der Waals surface area (Å²) in [7, 11) is 2.02. The maximum absolute atomic E-state index is 12.0. The highest BCUT2D eigenvalue weighted by Gasteiger charge is 2.21. The van der Waals surface area contributed by atoms with Gasteiger partial charge in [-0.15, -0.1) is 12.4 Å². The van der Waals surface area contributed by atoms with E-state index in [0.29, 0.717) is 25.7 Å². The Bertz CT molecular complexity index is 273. The SMILES string of the molecule is CNC1CCCN(CCC(=O)N2CCOCC2)C1.Cl. The predicted octanol–water partition coefficient (Wildman–Crippen LogP) is 0.341. The van der Waals surface area contributed by atoms with E-state index < -0.39 is 0 Å². The van der Waals surface area contributed by atoms with Crippen LogP contribution in [0.4, 0.5) is 0 Å². The summed E-state index contributed by atoms with van der Waals surface area (Å²) in [5, 5.41) is 3.33. The first-order chi connectivity index (χ1) is 8.79. The number of hydrogen-bond donors (Lipinski definition) is 1. The van der Waals surface area contributed by atoms with Gasteiger partial charge in [0.15, 0.2) is 0 Å². The molecule has 0 spiro atoms. The number of carbonyl (C=O) groups excluding carboxylic acids is 1. The minimum Gasteiger partial charge on any atom is -0.378 e. The molecular weight excluding hydrogens is 266 g/mol. The van der Waals surface area contributed by atoms with Gasteiger partial charge in [0, 0.05) is 38.6 Å². The van der Waals surface area contributed by atoms with Crippen LogP contribution in [0, 0.1) is 0 Å². The number of carbonyl (C=O) groups is 1. The average molecular weight is 292 g/mol. The number of likely N-dealkylation sites (N-methyl/N-ethyl adjacent to an activating group) is 1. The molecular formula is C13H26ClN3O2. The maximum Gasteiger partial charge on any atom is 0.224 e. The van der Waals surface area contributed by atoms with Crippen molar-refractivity contribution in [3.63, 3.8) is 0 Å². The molecule has 112 valence electrons. The van der Waals surface area contributed by atoms with Gasteiger partial charge in [-0.05, 0) is 26.4 Å². The Hall–Kier alpha value is -0.360. The van der Waals surface area contributed by atoms with Crippen LogP contribution in [0.3, 0.4) is 0 Å². The van der Waals surface area contributed by atoms with Crippen LogP contribution in [-0.2, 0) is 9.53 Å². The van der Waals surface area contributed by atoms with Crippen molar-refractivity contribution in [1.29, 1.82) is 0 Å². The third kappa shape index (κ3) is 5.26. The lowest BCUT2D eigenvalue weighted by molar-refractivity contribution is -0.135. The quantitative estimate of drug-likeness (QED) is 0.811. The van der Waals surface area contributed by atoms with E-state index in [-0.39, 0.29) is 18.3 Å². The van der Waals surface area contributed by atoms with Crippen LogP contribution in [0.25, 0.3) is 0 Å². The van der Waals surface area contributed by atoms with E-state index >= 15 is 0 Å². The fourth-order valence-corrected chi connectivity index (χ4v) is 2.72. The number of nitrogens with zero attached hydrogens (tertiary/aromatic N) is 2. The second kappa shape index (κ2) is 8.74. The minimum atomic E-state index is 0. The fraction of sp³-hybridized carbons (Fsp3) is 0.923. The summed E-state index contributed by atoms with van der Waals surface area (Å²) >= 11 is 0. The number of amides is 1. The summed E-state index contributed by atoms with van der Waals surface area (Å²) in [6.07, 6.45) is 3.14. The predicted molar refractivity (Wildman–Crippen MR) is 77.8 cm³/mol. The highest BCUT2D eigenvalue weighted by molar-refractivity contribution is 5.85. The van der Waals surface area contributed by atoms with Gasteiger partial charge in [0.1, 0.15) is 0 Å². The van der Waals surface area contributed by atoms with Gasteiger partial charge in [-0.25, -0.2) is 0 Å². The van der Waals surface area contributed by atoms with Crippen LogP contribution in [0.15, 0.2) is 0 Å². The van der Waals surface area contributed by atoms with E-state index in [0.717, 1.165) is 32.7 Å². The maximum atomic E-state index is 12.0. The molecule has 0 aromatic rings. The van der Waals surface area contributed by atoms with Gasteiger partial charge in [0.25, 0.3) is 0 Å². The zero-order valence-corrected chi connectivity index (χ0v) is 12.6. The highest BCUT2D eigenvalue weighted by atomic mass is 35.5. The normalized spacial score (nSPS) is 24.9. The molecule has 2 rings (SSSR count). The standard InChI is InChI=1S/C13H25N3O2.ClH/c1-14-12-3-2-5-15(11-12)6-4-13(17)16-7-9-18-10-8-16;/h12,14H,2-11H2,1H3;1H. The van der Waals surface area contributed by atoms with Gasteiger partial charge in [-0.1, -0.05) is 0 Å². The van der Waals surface area contributed by atoms with Gasteiger partial charge >= 0.3 is 0 Å². The van der Waals surface area contributed by atoms with Crippen LogP contribution in [0.5, 0.6) is 0 Å². The first-order valence-electron chi connectivity index (χ1n) is 7.04. The Morgan fingerprint density at radius 3 is 2.74 bits per heavy atom. The number of nitrogens with one attached hydrogen (secondary N) is 1. The monoisotopic (exact) mass is 291 g/mol. The van der Waals surface area contributed by atoms with Crippen LogP contribution in [-0.4, -0.2) is 74.7 Å². The van der Waals surface area contributed by atoms with Crippen molar-refractivity contribution in [3.8, 4) is 0 Å². The molecule has 1 atom stereocenters. The van der Waals surface area contributed by atoms with Gasteiger partial charge in [0.2, 0.25) is 5.91 Å². The first-order valence-corrected chi connectivity index (χ1v) is 7.04. The van der Waals surface area contributed by atoms with Gasteiger partial charge in [-0.2, -0.15) is 0 Å². The molecule has 6 heteroatoms. The number of halogens is 1. The van der Waals surface area contributed by atoms with Crippen LogP contribution >= 0.6 is 12.4 Å². The van der Waals surface area contributed by atoms with E-state index in [1.165, 1.54) is 12.8 Å². The summed E-state index contributed by atoms with van der Waals surface area (Å²) in [5.74, 6) is 0.282. The van der Waals surface area contributed by atoms with Crippen molar-refractivity contribution in [3.05, 3.63) is 0 Å². The van der Waals surface area contributed by atoms with Crippen molar-refractivity contribution in [1.82, 2.24) is 15.1 Å². The Labute approximate surface area is 122 Å². The molecule has 1 N–H and O–H groups in total. The topological polar surface area (TPSA) is 44.8 Å². The van der Waals surface area contributed by atoms with Crippen LogP contribution in [0.2, 0.25) is 0 Å². The fourth-order valence-electron chi connectivity index (χ4n) is 2.72. The third-order valence-corrected chi connectivity index (χ3v) is 3.92. The van der Waals surface area contributed by atoms with Crippen molar-refractivity contribution < 1.29 is 9.53 Å². The molecule has 0 bridgehead atoms. The van der Waals surface area contributed by atoms with Crippen molar-refractivity contribution in [2.45, 2.75) is 25.3 Å². The second-order valence-corrected chi connectivity index (χ2v) is 5.17. The molecule has 5 nitrogen and oxygen atoms in total. The van der Waals surface area contributed by atoms with Crippen molar-refractivity contribution in [2.24, 2.45) is 0 Å². The van der Waals surface area contributed by atoms with E-state index in [4.69, 9.17) is 4.74 Å². The summed E-state index contributed by atoms with van der Waals surface area (Å²) in [6, 6.07) is 0.595. The number of likely N-dealkylation sites (tertiary alicyclic amines) is 1. The summed E-state index contributed by atoms with van der Waals surface area (Å²) < 4.78 is 5.26. The van der Waals surface area contributed by atoms with Gasteiger partial charge in [0.05, 0.1) is 13.2 Å². The Kier molecular flexibility index (Phi) is 7.68. The lowest BCUT2D eigenvalue weighted by Gasteiger charge is -2.33. The van der Waals surface area contributed by atoms with Gasteiger partial charge in [-0.3, -0.25) is 4.79 Å². The first kappa shape index (κ1) is 16.7. The zero-order valence-electron chi connectivity index (χ0n) is 11.8. The van der Waals surface area contributed by atoms with Crippen molar-refractivity contribution in [2.75, 3.05) is 53.0 Å². The van der Waals surface area contributed by atoms with E-state index in [1.807, 2.05) is 11.9 Å². The van der Waals surface area contributed by atoms with Crippen molar-refractivity contribution >= 4 is 18.3 Å².